The lowest BCUT2D eigenvalue weighted by Crippen LogP contribution is -2.31. The molecule has 1 aliphatic rings. The molecule has 2 heterocycles. The van der Waals surface area contributed by atoms with Crippen molar-refractivity contribution in [2.24, 2.45) is 0 Å². The van der Waals surface area contributed by atoms with E-state index in [1.54, 1.807) is 0 Å². The van der Waals surface area contributed by atoms with E-state index in [-0.39, 0.29) is 12.0 Å². The molecular formula is C11H19N3O3. The third-order valence-corrected chi connectivity index (χ3v) is 2.93. The SMILES string of the molecule is CCOCCc1noc(C2COCC2NC)n1. The van der Waals surface area contributed by atoms with Crippen molar-refractivity contribution in [2.75, 3.05) is 33.5 Å². The number of rotatable bonds is 6. The summed E-state index contributed by atoms with van der Waals surface area (Å²) in [6.45, 7) is 4.64. The summed E-state index contributed by atoms with van der Waals surface area (Å²) in [5.41, 5.74) is 0. The predicted octanol–water partition coefficient (Wildman–Crippen LogP) is 0.350. The Morgan fingerprint density at radius 2 is 2.35 bits per heavy atom. The molecule has 0 spiro atoms. The quantitative estimate of drug-likeness (QED) is 0.725. The van der Waals surface area contributed by atoms with Gasteiger partial charge in [0.1, 0.15) is 0 Å². The molecule has 1 saturated heterocycles. The average Bonchev–Trinajstić information content (AvgIpc) is 2.96. The highest BCUT2D eigenvalue weighted by Gasteiger charge is 2.32. The number of ether oxygens (including phenoxy) is 2. The van der Waals surface area contributed by atoms with Crippen LogP contribution >= 0.6 is 0 Å². The van der Waals surface area contributed by atoms with Crippen LogP contribution in [-0.4, -0.2) is 49.7 Å². The van der Waals surface area contributed by atoms with Crippen molar-refractivity contribution in [1.82, 2.24) is 15.5 Å². The van der Waals surface area contributed by atoms with E-state index in [0.717, 1.165) is 0 Å². The fourth-order valence-corrected chi connectivity index (χ4v) is 1.91. The summed E-state index contributed by atoms with van der Waals surface area (Å²) in [7, 11) is 1.92. The first kappa shape index (κ1) is 12.5. The molecule has 1 N–H and O–H groups in total. The maximum atomic E-state index is 5.41. The van der Waals surface area contributed by atoms with Crippen molar-refractivity contribution in [3.63, 3.8) is 0 Å². The number of nitrogens with zero attached hydrogens (tertiary/aromatic N) is 2. The van der Waals surface area contributed by atoms with E-state index in [2.05, 4.69) is 15.5 Å². The van der Waals surface area contributed by atoms with Crippen LogP contribution in [0, 0.1) is 0 Å². The van der Waals surface area contributed by atoms with Crippen LogP contribution in [0.4, 0.5) is 0 Å². The van der Waals surface area contributed by atoms with Crippen LogP contribution in [0.5, 0.6) is 0 Å². The van der Waals surface area contributed by atoms with Gasteiger partial charge in [-0.1, -0.05) is 5.16 Å². The fraction of sp³-hybridized carbons (Fsp3) is 0.818. The Labute approximate surface area is 101 Å². The maximum absolute atomic E-state index is 5.41. The zero-order valence-corrected chi connectivity index (χ0v) is 10.3. The Bertz CT molecular complexity index is 342. The lowest BCUT2D eigenvalue weighted by atomic mass is 10.0. The summed E-state index contributed by atoms with van der Waals surface area (Å²) in [5.74, 6) is 1.52. The maximum Gasteiger partial charge on any atom is 0.233 e. The molecule has 0 radical (unpaired) electrons. The molecule has 17 heavy (non-hydrogen) atoms. The molecule has 2 atom stereocenters. The number of nitrogens with one attached hydrogen (secondary N) is 1. The standard InChI is InChI=1S/C11H19N3O3/c1-3-15-5-4-10-13-11(17-14-10)8-6-16-7-9(8)12-2/h8-9,12H,3-7H2,1-2H3. The van der Waals surface area contributed by atoms with E-state index in [4.69, 9.17) is 14.0 Å². The summed E-state index contributed by atoms with van der Waals surface area (Å²) >= 11 is 0. The van der Waals surface area contributed by atoms with Crippen LogP contribution in [0.25, 0.3) is 0 Å². The van der Waals surface area contributed by atoms with Crippen LogP contribution in [-0.2, 0) is 15.9 Å². The van der Waals surface area contributed by atoms with Gasteiger partial charge in [-0.25, -0.2) is 0 Å². The topological polar surface area (TPSA) is 69.4 Å². The van der Waals surface area contributed by atoms with Gasteiger partial charge in [-0.15, -0.1) is 0 Å². The molecule has 0 amide bonds. The molecule has 1 aliphatic heterocycles. The molecule has 1 aromatic heterocycles. The van der Waals surface area contributed by atoms with Gasteiger partial charge >= 0.3 is 0 Å². The molecule has 0 saturated carbocycles. The largest absolute Gasteiger partial charge is 0.381 e. The molecule has 6 heteroatoms. The highest BCUT2D eigenvalue weighted by molar-refractivity contribution is 5.02. The zero-order valence-electron chi connectivity index (χ0n) is 10.3. The normalized spacial score (nSPS) is 24.4. The Balaban J connectivity index is 1.93. The Morgan fingerprint density at radius 1 is 1.47 bits per heavy atom. The molecule has 0 aliphatic carbocycles. The predicted molar refractivity (Wildman–Crippen MR) is 60.9 cm³/mol. The smallest absolute Gasteiger partial charge is 0.233 e. The van der Waals surface area contributed by atoms with Crippen LogP contribution < -0.4 is 5.32 Å². The summed E-state index contributed by atoms with van der Waals surface area (Å²) in [6.07, 6.45) is 0.690. The molecule has 0 bridgehead atoms. The van der Waals surface area contributed by atoms with Crippen LogP contribution in [0.1, 0.15) is 24.6 Å². The van der Waals surface area contributed by atoms with Gasteiger partial charge < -0.3 is 19.3 Å². The minimum Gasteiger partial charge on any atom is -0.381 e. The van der Waals surface area contributed by atoms with Gasteiger partial charge in [-0.3, -0.25) is 0 Å². The van der Waals surface area contributed by atoms with E-state index in [1.807, 2.05) is 14.0 Å². The minimum absolute atomic E-state index is 0.161. The molecule has 1 fully saturated rings. The van der Waals surface area contributed by atoms with E-state index in [0.29, 0.717) is 44.6 Å². The number of likely N-dealkylation sites (N-methyl/N-ethyl adjacent to an activating group) is 1. The Morgan fingerprint density at radius 3 is 3.12 bits per heavy atom. The summed E-state index contributed by atoms with van der Waals surface area (Å²) in [6, 6.07) is 0.259. The van der Waals surface area contributed by atoms with E-state index in [9.17, 15) is 0 Å². The van der Waals surface area contributed by atoms with Gasteiger partial charge in [0.2, 0.25) is 5.89 Å². The summed E-state index contributed by atoms with van der Waals surface area (Å²) in [5, 5.41) is 7.15. The monoisotopic (exact) mass is 241 g/mol. The number of hydrogen-bond acceptors (Lipinski definition) is 6. The second kappa shape index (κ2) is 6.09. The van der Waals surface area contributed by atoms with Crippen molar-refractivity contribution in [3.05, 3.63) is 11.7 Å². The molecule has 0 aromatic carbocycles. The van der Waals surface area contributed by atoms with Crippen molar-refractivity contribution < 1.29 is 14.0 Å². The summed E-state index contributed by atoms with van der Waals surface area (Å²) in [4.78, 5) is 4.38. The molecular weight excluding hydrogens is 222 g/mol. The van der Waals surface area contributed by atoms with E-state index >= 15 is 0 Å². The number of hydrogen-bond donors (Lipinski definition) is 1. The highest BCUT2D eigenvalue weighted by Crippen LogP contribution is 2.24. The van der Waals surface area contributed by atoms with E-state index < -0.39 is 0 Å². The van der Waals surface area contributed by atoms with Gasteiger partial charge in [0, 0.05) is 19.1 Å². The molecule has 2 unspecified atom stereocenters. The Kier molecular flexibility index (Phi) is 4.47. The van der Waals surface area contributed by atoms with Crippen molar-refractivity contribution in [1.29, 1.82) is 0 Å². The first-order chi connectivity index (χ1) is 8.35. The van der Waals surface area contributed by atoms with Crippen LogP contribution in [0.15, 0.2) is 4.52 Å². The van der Waals surface area contributed by atoms with Crippen LogP contribution in [0.3, 0.4) is 0 Å². The van der Waals surface area contributed by atoms with Gasteiger partial charge in [-0.2, -0.15) is 4.98 Å². The highest BCUT2D eigenvalue weighted by atomic mass is 16.5. The lowest BCUT2D eigenvalue weighted by Gasteiger charge is -2.11. The number of aromatic nitrogens is 2. The van der Waals surface area contributed by atoms with Crippen LogP contribution in [0.2, 0.25) is 0 Å². The second-order valence-electron chi connectivity index (χ2n) is 4.03. The minimum atomic E-state index is 0.161. The molecule has 2 rings (SSSR count). The van der Waals surface area contributed by atoms with Gasteiger partial charge in [0.25, 0.3) is 0 Å². The molecule has 1 aromatic rings. The molecule has 6 nitrogen and oxygen atoms in total. The van der Waals surface area contributed by atoms with Gasteiger partial charge in [0.15, 0.2) is 5.82 Å². The first-order valence-corrected chi connectivity index (χ1v) is 6.00. The van der Waals surface area contributed by atoms with Gasteiger partial charge in [-0.05, 0) is 14.0 Å². The fourth-order valence-electron chi connectivity index (χ4n) is 1.91. The van der Waals surface area contributed by atoms with Crippen molar-refractivity contribution in [2.45, 2.75) is 25.3 Å². The molecule has 96 valence electrons. The summed E-state index contributed by atoms with van der Waals surface area (Å²) < 4.78 is 15.9. The average molecular weight is 241 g/mol. The van der Waals surface area contributed by atoms with Gasteiger partial charge in [0.05, 0.1) is 25.7 Å². The van der Waals surface area contributed by atoms with Crippen molar-refractivity contribution >= 4 is 0 Å². The third kappa shape index (κ3) is 3.02. The first-order valence-electron chi connectivity index (χ1n) is 6.00. The third-order valence-electron chi connectivity index (χ3n) is 2.93. The zero-order chi connectivity index (χ0) is 12.1. The second-order valence-corrected chi connectivity index (χ2v) is 4.03. The lowest BCUT2D eigenvalue weighted by molar-refractivity contribution is 0.149. The van der Waals surface area contributed by atoms with Crippen molar-refractivity contribution in [3.8, 4) is 0 Å². The van der Waals surface area contributed by atoms with E-state index in [1.165, 1.54) is 0 Å². The Hall–Kier alpha value is -0.980.